The number of esters is 1. The van der Waals surface area contributed by atoms with Gasteiger partial charge in [-0.15, -0.1) is 0 Å². The van der Waals surface area contributed by atoms with Gasteiger partial charge in [-0.25, -0.2) is 4.79 Å². The largest absolute Gasteiger partial charge is 0.460 e. The van der Waals surface area contributed by atoms with Gasteiger partial charge in [-0.2, -0.15) is 0 Å². The highest BCUT2D eigenvalue weighted by molar-refractivity contribution is 5.73. The summed E-state index contributed by atoms with van der Waals surface area (Å²) in [5.41, 5.74) is 0.960. The third-order valence-corrected chi connectivity index (χ3v) is 3.89. The smallest absolute Gasteiger partial charge is 0.407 e. The van der Waals surface area contributed by atoms with Crippen LogP contribution in [-0.4, -0.2) is 36.4 Å². The van der Waals surface area contributed by atoms with Crippen LogP contribution in [0.1, 0.15) is 60.5 Å². The van der Waals surface area contributed by atoms with Crippen molar-refractivity contribution in [2.45, 2.75) is 78.6 Å². The van der Waals surface area contributed by atoms with Crippen molar-refractivity contribution in [3.8, 4) is 0 Å². The molecule has 0 heterocycles. The van der Waals surface area contributed by atoms with Crippen molar-refractivity contribution in [2.24, 2.45) is 5.92 Å². The topological polar surface area (TPSA) is 76.7 Å². The Morgan fingerprint density at radius 2 is 1.50 bits per heavy atom. The Kier molecular flexibility index (Phi) is 8.33. The molecule has 158 valence electrons. The number of nitrogens with one attached hydrogen (secondary N) is 2. The van der Waals surface area contributed by atoms with Crippen molar-refractivity contribution in [3.63, 3.8) is 0 Å². The van der Waals surface area contributed by atoms with E-state index in [2.05, 4.69) is 10.6 Å². The quantitative estimate of drug-likeness (QED) is 0.667. The first-order chi connectivity index (χ1) is 12.8. The molecule has 0 aliphatic heterocycles. The molecule has 2 atom stereocenters. The molecule has 0 aromatic heterocycles. The molecule has 0 radical (unpaired) electrons. The number of hydrogen-bond acceptors (Lipinski definition) is 5. The average Bonchev–Trinajstić information content (AvgIpc) is 2.51. The highest BCUT2D eigenvalue weighted by atomic mass is 16.6. The molecule has 1 rings (SSSR count). The Bertz CT molecular complexity index is 642. The molecular weight excluding hydrogens is 356 g/mol. The SMILES string of the molecule is CNc1ccc(C[C@@H](CC(C)C(=O)OC(C)(C)C)NC(=O)OC(C)(C)C)cc1. The zero-order chi connectivity index (χ0) is 21.5. The van der Waals surface area contributed by atoms with Crippen LogP contribution in [0.2, 0.25) is 0 Å². The van der Waals surface area contributed by atoms with Crippen LogP contribution in [0.3, 0.4) is 0 Å². The Morgan fingerprint density at radius 1 is 0.964 bits per heavy atom. The number of carbonyl (C=O) groups is 2. The maximum Gasteiger partial charge on any atom is 0.407 e. The van der Waals surface area contributed by atoms with E-state index in [4.69, 9.17) is 9.47 Å². The fraction of sp³-hybridized carbons (Fsp3) is 0.636. The molecule has 2 N–H and O–H groups in total. The normalized spacial score (nSPS) is 14.0. The molecule has 6 nitrogen and oxygen atoms in total. The second-order valence-electron chi connectivity index (χ2n) is 9.16. The van der Waals surface area contributed by atoms with Gasteiger partial charge >= 0.3 is 12.1 Å². The van der Waals surface area contributed by atoms with Gasteiger partial charge in [-0.3, -0.25) is 4.79 Å². The molecule has 0 aliphatic rings. The summed E-state index contributed by atoms with van der Waals surface area (Å²) in [5, 5.41) is 6.00. The van der Waals surface area contributed by atoms with E-state index in [-0.39, 0.29) is 17.9 Å². The standard InChI is InChI=1S/C22H36N2O4/c1-15(19(25)27-21(2,3)4)13-18(24-20(26)28-22(5,6)7)14-16-9-11-17(23-8)12-10-16/h9-12,15,18,23H,13-14H2,1-8H3,(H,24,26)/t15?,18-/m1/s1. The number of carbonyl (C=O) groups excluding carboxylic acids is 2. The number of ether oxygens (including phenoxy) is 2. The molecule has 1 unspecified atom stereocenters. The molecule has 28 heavy (non-hydrogen) atoms. The molecule has 0 saturated heterocycles. The van der Waals surface area contributed by atoms with Gasteiger partial charge in [0.1, 0.15) is 11.2 Å². The minimum absolute atomic E-state index is 0.252. The molecule has 0 spiro atoms. The Balaban J connectivity index is 2.86. The molecule has 0 saturated carbocycles. The molecular formula is C22H36N2O4. The predicted octanol–water partition coefficient (Wildman–Crippen LogP) is 4.53. The highest BCUT2D eigenvalue weighted by Gasteiger charge is 2.26. The zero-order valence-corrected chi connectivity index (χ0v) is 18.5. The van der Waals surface area contributed by atoms with Gasteiger partial charge in [0, 0.05) is 18.8 Å². The number of hydrogen-bond donors (Lipinski definition) is 2. The van der Waals surface area contributed by atoms with Crippen molar-refractivity contribution >= 4 is 17.7 Å². The summed E-state index contributed by atoms with van der Waals surface area (Å²) < 4.78 is 10.9. The third kappa shape index (κ3) is 9.62. The van der Waals surface area contributed by atoms with Crippen LogP contribution in [-0.2, 0) is 20.7 Å². The first kappa shape index (κ1) is 23.8. The van der Waals surface area contributed by atoms with Crippen LogP contribution >= 0.6 is 0 Å². The van der Waals surface area contributed by atoms with Crippen LogP contribution in [0, 0.1) is 5.92 Å². The van der Waals surface area contributed by atoms with Crippen LogP contribution in [0.15, 0.2) is 24.3 Å². The third-order valence-electron chi connectivity index (χ3n) is 3.89. The molecule has 6 heteroatoms. The molecule has 1 aromatic rings. The monoisotopic (exact) mass is 392 g/mol. The number of amides is 1. The maximum atomic E-state index is 12.4. The van der Waals surface area contributed by atoms with E-state index >= 15 is 0 Å². The summed E-state index contributed by atoms with van der Waals surface area (Å²) in [5.74, 6) is -0.621. The van der Waals surface area contributed by atoms with E-state index in [0.717, 1.165) is 11.3 Å². The van der Waals surface area contributed by atoms with Crippen molar-refractivity contribution in [1.82, 2.24) is 5.32 Å². The Labute approximate surface area is 169 Å². The van der Waals surface area contributed by atoms with Gasteiger partial charge in [0.2, 0.25) is 0 Å². The minimum atomic E-state index is -0.583. The maximum absolute atomic E-state index is 12.4. The van der Waals surface area contributed by atoms with Crippen molar-refractivity contribution in [2.75, 3.05) is 12.4 Å². The summed E-state index contributed by atoms with van der Waals surface area (Å²) in [4.78, 5) is 24.7. The lowest BCUT2D eigenvalue weighted by Gasteiger charge is -2.27. The van der Waals surface area contributed by atoms with Gasteiger partial charge in [-0.05, 0) is 72.1 Å². The lowest BCUT2D eigenvalue weighted by atomic mass is 9.96. The van der Waals surface area contributed by atoms with Gasteiger partial charge in [-0.1, -0.05) is 19.1 Å². The average molecular weight is 393 g/mol. The summed E-state index contributed by atoms with van der Waals surface area (Å²) >= 11 is 0. The summed E-state index contributed by atoms with van der Waals surface area (Å²) in [6, 6.07) is 7.73. The van der Waals surface area contributed by atoms with E-state index < -0.39 is 17.3 Å². The second kappa shape index (κ2) is 9.80. The molecule has 0 aliphatic carbocycles. The Morgan fingerprint density at radius 3 is 1.96 bits per heavy atom. The van der Waals surface area contributed by atoms with Crippen molar-refractivity contribution in [1.29, 1.82) is 0 Å². The number of rotatable bonds is 7. The van der Waals surface area contributed by atoms with Gasteiger partial charge < -0.3 is 20.1 Å². The van der Waals surface area contributed by atoms with E-state index in [9.17, 15) is 9.59 Å². The fourth-order valence-corrected chi connectivity index (χ4v) is 2.68. The number of anilines is 1. The lowest BCUT2D eigenvalue weighted by molar-refractivity contribution is -0.159. The Hall–Kier alpha value is -2.24. The van der Waals surface area contributed by atoms with E-state index in [1.54, 1.807) is 0 Å². The van der Waals surface area contributed by atoms with E-state index in [1.807, 2.05) is 79.8 Å². The fourth-order valence-electron chi connectivity index (χ4n) is 2.68. The van der Waals surface area contributed by atoms with Gasteiger partial charge in [0.25, 0.3) is 0 Å². The molecule has 0 bridgehead atoms. The van der Waals surface area contributed by atoms with Gasteiger partial charge in [0.05, 0.1) is 5.92 Å². The van der Waals surface area contributed by atoms with Crippen LogP contribution < -0.4 is 10.6 Å². The second-order valence-corrected chi connectivity index (χ2v) is 9.16. The summed E-state index contributed by atoms with van der Waals surface area (Å²) in [6.07, 6.45) is 0.568. The van der Waals surface area contributed by atoms with E-state index in [1.165, 1.54) is 0 Å². The van der Waals surface area contributed by atoms with E-state index in [0.29, 0.717) is 12.8 Å². The number of alkyl carbamates (subject to hydrolysis) is 1. The summed E-state index contributed by atoms with van der Waals surface area (Å²) in [6.45, 7) is 12.8. The lowest BCUT2D eigenvalue weighted by Crippen LogP contribution is -2.42. The molecule has 1 aromatic carbocycles. The first-order valence-corrected chi connectivity index (χ1v) is 9.78. The minimum Gasteiger partial charge on any atom is -0.460 e. The van der Waals surface area contributed by atoms with Crippen LogP contribution in [0.4, 0.5) is 10.5 Å². The molecule has 0 fully saturated rings. The molecule has 1 amide bonds. The van der Waals surface area contributed by atoms with Crippen LogP contribution in [0.5, 0.6) is 0 Å². The number of benzene rings is 1. The first-order valence-electron chi connectivity index (χ1n) is 9.78. The highest BCUT2D eigenvalue weighted by Crippen LogP contribution is 2.18. The van der Waals surface area contributed by atoms with Crippen molar-refractivity contribution in [3.05, 3.63) is 29.8 Å². The predicted molar refractivity (Wildman–Crippen MR) is 112 cm³/mol. The van der Waals surface area contributed by atoms with Crippen LogP contribution in [0.25, 0.3) is 0 Å². The zero-order valence-electron chi connectivity index (χ0n) is 18.5. The summed E-state index contributed by atoms with van der Waals surface area (Å²) in [7, 11) is 1.87. The van der Waals surface area contributed by atoms with Crippen molar-refractivity contribution < 1.29 is 19.1 Å². The van der Waals surface area contributed by atoms with Gasteiger partial charge in [0.15, 0.2) is 0 Å².